The summed E-state index contributed by atoms with van der Waals surface area (Å²) >= 11 is 0. The van der Waals surface area contributed by atoms with Gasteiger partial charge >= 0.3 is 6.09 Å². The molecule has 0 aromatic heterocycles. The highest BCUT2D eigenvalue weighted by atomic mass is 16.6. The van der Waals surface area contributed by atoms with E-state index in [-0.39, 0.29) is 12.0 Å². The number of hydrogen-bond donors (Lipinski definition) is 1. The van der Waals surface area contributed by atoms with Crippen LogP contribution in [0, 0.1) is 5.92 Å². The molecule has 0 bridgehead atoms. The van der Waals surface area contributed by atoms with Crippen LogP contribution in [0.25, 0.3) is 0 Å². The number of nitrogens with two attached hydrogens (primary N) is 1. The Hall–Kier alpha value is -1.55. The van der Waals surface area contributed by atoms with Gasteiger partial charge in [-0.25, -0.2) is 4.79 Å². The molecule has 0 fully saturated rings. The Morgan fingerprint density at radius 3 is 2.59 bits per heavy atom. The van der Waals surface area contributed by atoms with Gasteiger partial charge in [0.05, 0.1) is 0 Å². The van der Waals surface area contributed by atoms with Crippen molar-refractivity contribution in [3.63, 3.8) is 0 Å². The van der Waals surface area contributed by atoms with Crippen LogP contribution in [0.2, 0.25) is 0 Å². The van der Waals surface area contributed by atoms with E-state index in [0.717, 1.165) is 0 Å². The fourth-order valence-corrected chi connectivity index (χ4v) is 1.44. The van der Waals surface area contributed by atoms with Gasteiger partial charge in [0.25, 0.3) is 0 Å². The number of para-hydroxylation sites is 1. The van der Waals surface area contributed by atoms with Crippen molar-refractivity contribution >= 4 is 6.09 Å². The Kier molecular flexibility index (Phi) is 5.49. The average molecular weight is 236 g/mol. The van der Waals surface area contributed by atoms with Crippen LogP contribution < -0.4 is 10.5 Å². The molecule has 0 aliphatic rings. The van der Waals surface area contributed by atoms with Gasteiger partial charge in [0.15, 0.2) is 0 Å². The Labute approximate surface area is 102 Å². The average Bonchev–Trinajstić information content (AvgIpc) is 2.36. The molecule has 1 aromatic rings. The third-order valence-electron chi connectivity index (χ3n) is 2.52. The zero-order valence-electron chi connectivity index (χ0n) is 10.4. The Balaban J connectivity index is 2.55. The molecule has 1 aromatic carbocycles. The second-order valence-corrected chi connectivity index (χ2v) is 4.06. The third kappa shape index (κ3) is 4.44. The zero-order valence-corrected chi connectivity index (χ0v) is 10.4. The highest BCUT2D eigenvalue weighted by Gasteiger charge is 2.16. The predicted octanol–water partition coefficient (Wildman–Crippen LogP) is 2.10. The lowest BCUT2D eigenvalue weighted by molar-refractivity contribution is 0.148. The van der Waals surface area contributed by atoms with Crippen LogP contribution in [0.5, 0.6) is 5.75 Å². The number of carbonyl (C=O) groups excluding carboxylic acids is 1. The fourth-order valence-electron chi connectivity index (χ4n) is 1.44. The van der Waals surface area contributed by atoms with Gasteiger partial charge in [-0.15, -0.1) is 0 Å². The first-order chi connectivity index (χ1) is 8.17. The van der Waals surface area contributed by atoms with Gasteiger partial charge in [-0.3, -0.25) is 0 Å². The number of hydrogen-bond acceptors (Lipinski definition) is 3. The van der Waals surface area contributed by atoms with Crippen molar-refractivity contribution in [2.75, 3.05) is 19.6 Å². The Morgan fingerprint density at radius 1 is 1.41 bits per heavy atom. The SMILES string of the molecule is CCN(CC(C)CN)C(=O)Oc1ccccc1. The summed E-state index contributed by atoms with van der Waals surface area (Å²) in [5.41, 5.74) is 5.55. The summed E-state index contributed by atoms with van der Waals surface area (Å²) in [5, 5.41) is 0. The molecular formula is C13H20N2O2. The van der Waals surface area contributed by atoms with E-state index in [1.807, 2.05) is 32.0 Å². The molecule has 1 amide bonds. The van der Waals surface area contributed by atoms with Gasteiger partial charge in [-0.05, 0) is 31.5 Å². The van der Waals surface area contributed by atoms with Crippen molar-refractivity contribution in [1.29, 1.82) is 0 Å². The summed E-state index contributed by atoms with van der Waals surface area (Å²) in [6.07, 6.45) is -0.320. The number of rotatable bonds is 5. The van der Waals surface area contributed by atoms with Crippen LogP contribution in [0.1, 0.15) is 13.8 Å². The number of benzene rings is 1. The van der Waals surface area contributed by atoms with Crippen LogP contribution >= 0.6 is 0 Å². The van der Waals surface area contributed by atoms with Crippen LogP contribution in [0.4, 0.5) is 4.79 Å². The maximum Gasteiger partial charge on any atom is 0.415 e. The molecular weight excluding hydrogens is 216 g/mol. The summed E-state index contributed by atoms with van der Waals surface area (Å²) < 4.78 is 5.26. The first-order valence-electron chi connectivity index (χ1n) is 5.89. The predicted molar refractivity (Wildman–Crippen MR) is 67.9 cm³/mol. The first-order valence-corrected chi connectivity index (χ1v) is 5.89. The molecule has 0 heterocycles. The van der Waals surface area contributed by atoms with E-state index in [4.69, 9.17) is 10.5 Å². The zero-order chi connectivity index (χ0) is 12.7. The number of carbonyl (C=O) groups is 1. The second kappa shape index (κ2) is 6.91. The standard InChI is InChI=1S/C13H20N2O2/c1-3-15(10-11(2)9-14)13(16)17-12-7-5-4-6-8-12/h4-8,11H,3,9-10,14H2,1-2H3. The molecule has 4 nitrogen and oxygen atoms in total. The molecule has 2 N–H and O–H groups in total. The van der Waals surface area contributed by atoms with Gasteiger partial charge in [0.1, 0.15) is 5.75 Å². The minimum Gasteiger partial charge on any atom is -0.410 e. The molecule has 0 saturated heterocycles. The monoisotopic (exact) mass is 236 g/mol. The van der Waals surface area contributed by atoms with Gasteiger partial charge < -0.3 is 15.4 Å². The van der Waals surface area contributed by atoms with Gasteiger partial charge in [0.2, 0.25) is 0 Å². The number of nitrogens with zero attached hydrogens (tertiary/aromatic N) is 1. The normalized spacial score (nSPS) is 11.9. The molecule has 0 aliphatic heterocycles. The van der Waals surface area contributed by atoms with E-state index in [9.17, 15) is 4.79 Å². The Bertz CT molecular complexity index is 341. The Morgan fingerprint density at radius 2 is 2.06 bits per heavy atom. The summed E-state index contributed by atoms with van der Waals surface area (Å²) in [6, 6.07) is 9.07. The van der Waals surface area contributed by atoms with Crippen LogP contribution in [-0.2, 0) is 0 Å². The third-order valence-corrected chi connectivity index (χ3v) is 2.52. The molecule has 1 unspecified atom stereocenters. The number of ether oxygens (including phenoxy) is 1. The lowest BCUT2D eigenvalue weighted by Crippen LogP contribution is -2.38. The maximum atomic E-state index is 11.9. The largest absolute Gasteiger partial charge is 0.415 e. The maximum absolute atomic E-state index is 11.9. The highest BCUT2D eigenvalue weighted by Crippen LogP contribution is 2.10. The van der Waals surface area contributed by atoms with Gasteiger partial charge in [0, 0.05) is 13.1 Å². The smallest absolute Gasteiger partial charge is 0.410 e. The highest BCUT2D eigenvalue weighted by molar-refractivity contribution is 5.70. The van der Waals surface area contributed by atoms with Crippen molar-refractivity contribution in [2.45, 2.75) is 13.8 Å². The van der Waals surface area contributed by atoms with Crippen LogP contribution in [-0.4, -0.2) is 30.6 Å². The van der Waals surface area contributed by atoms with Gasteiger partial charge in [-0.2, -0.15) is 0 Å². The minimum atomic E-state index is -0.320. The molecule has 1 rings (SSSR count). The van der Waals surface area contributed by atoms with E-state index in [2.05, 4.69) is 0 Å². The lowest BCUT2D eigenvalue weighted by Gasteiger charge is -2.23. The summed E-state index contributed by atoms with van der Waals surface area (Å²) in [6.45, 7) is 5.75. The molecule has 0 saturated carbocycles. The van der Waals surface area contributed by atoms with Crippen molar-refractivity contribution in [3.8, 4) is 5.75 Å². The molecule has 94 valence electrons. The van der Waals surface area contributed by atoms with Crippen molar-refractivity contribution in [3.05, 3.63) is 30.3 Å². The van der Waals surface area contributed by atoms with E-state index in [1.54, 1.807) is 17.0 Å². The second-order valence-electron chi connectivity index (χ2n) is 4.06. The topological polar surface area (TPSA) is 55.6 Å². The van der Waals surface area contributed by atoms with Crippen molar-refractivity contribution in [1.82, 2.24) is 4.90 Å². The molecule has 0 spiro atoms. The molecule has 1 atom stereocenters. The van der Waals surface area contributed by atoms with E-state index < -0.39 is 0 Å². The molecule has 4 heteroatoms. The minimum absolute atomic E-state index is 0.276. The quantitative estimate of drug-likeness (QED) is 0.851. The molecule has 17 heavy (non-hydrogen) atoms. The summed E-state index contributed by atoms with van der Waals surface area (Å²) in [5.74, 6) is 0.842. The fraction of sp³-hybridized carbons (Fsp3) is 0.462. The molecule has 0 radical (unpaired) electrons. The van der Waals surface area contributed by atoms with E-state index in [0.29, 0.717) is 25.4 Å². The first kappa shape index (κ1) is 13.5. The summed E-state index contributed by atoms with van der Waals surface area (Å²) in [7, 11) is 0. The van der Waals surface area contributed by atoms with Crippen LogP contribution in [0.15, 0.2) is 30.3 Å². The van der Waals surface area contributed by atoms with E-state index >= 15 is 0 Å². The van der Waals surface area contributed by atoms with Crippen molar-refractivity contribution < 1.29 is 9.53 Å². The molecule has 0 aliphatic carbocycles. The number of amides is 1. The van der Waals surface area contributed by atoms with Crippen molar-refractivity contribution in [2.24, 2.45) is 11.7 Å². The van der Waals surface area contributed by atoms with E-state index in [1.165, 1.54) is 0 Å². The lowest BCUT2D eigenvalue weighted by atomic mass is 10.2. The van der Waals surface area contributed by atoms with Gasteiger partial charge in [-0.1, -0.05) is 25.1 Å². The van der Waals surface area contributed by atoms with Crippen LogP contribution in [0.3, 0.4) is 0 Å². The summed E-state index contributed by atoms with van der Waals surface area (Å²) in [4.78, 5) is 13.5.